The van der Waals surface area contributed by atoms with E-state index in [-0.39, 0.29) is 17.8 Å². The molecule has 1 unspecified atom stereocenters. The maximum atomic E-state index is 11.2. The molecule has 2 N–H and O–H groups in total. The fraction of sp³-hybridized carbons (Fsp3) is 0.385. The van der Waals surface area contributed by atoms with Crippen molar-refractivity contribution in [3.63, 3.8) is 0 Å². The molecule has 0 radical (unpaired) electrons. The van der Waals surface area contributed by atoms with Gasteiger partial charge in [0.15, 0.2) is 0 Å². The van der Waals surface area contributed by atoms with E-state index in [1.54, 1.807) is 13.8 Å². The number of carboxylic acid groups (broad SMARTS) is 1. The molecule has 0 saturated heterocycles. The number of hydrogen-bond donors (Lipinski definition) is 2. The van der Waals surface area contributed by atoms with E-state index in [9.17, 15) is 14.9 Å². The van der Waals surface area contributed by atoms with E-state index in [0.29, 0.717) is 12.1 Å². The van der Waals surface area contributed by atoms with Crippen molar-refractivity contribution in [2.24, 2.45) is 5.41 Å². The lowest BCUT2D eigenvalue weighted by Gasteiger charge is -2.24. The second-order valence-electron chi connectivity index (χ2n) is 4.67. The van der Waals surface area contributed by atoms with Crippen molar-refractivity contribution in [2.45, 2.75) is 20.3 Å². The molecule has 1 aromatic rings. The monoisotopic (exact) mass is 277 g/mol. The summed E-state index contributed by atoms with van der Waals surface area (Å²) < 4.78 is 0. The number of nitrogens with one attached hydrogen (secondary N) is 1. The number of nitro benzene ring substituents is 1. The number of hydrogen-bond acceptors (Lipinski definition) is 5. The van der Waals surface area contributed by atoms with Gasteiger partial charge in [-0.1, -0.05) is 6.92 Å². The molecule has 0 spiro atoms. The molecule has 20 heavy (non-hydrogen) atoms. The highest BCUT2D eigenvalue weighted by molar-refractivity contribution is 5.75. The Labute approximate surface area is 116 Å². The van der Waals surface area contributed by atoms with Gasteiger partial charge >= 0.3 is 5.97 Å². The Morgan fingerprint density at radius 3 is 2.70 bits per heavy atom. The predicted octanol–water partition coefficient (Wildman–Crippen LogP) is 2.38. The van der Waals surface area contributed by atoms with Gasteiger partial charge in [-0.15, -0.1) is 0 Å². The number of non-ortho nitro benzene ring substituents is 1. The molecule has 0 aliphatic heterocycles. The van der Waals surface area contributed by atoms with Crippen LogP contribution in [0.2, 0.25) is 0 Å². The fourth-order valence-corrected chi connectivity index (χ4v) is 1.53. The molecule has 7 heteroatoms. The smallest absolute Gasteiger partial charge is 0.311 e. The molecule has 106 valence electrons. The molecule has 0 aliphatic carbocycles. The van der Waals surface area contributed by atoms with Gasteiger partial charge in [-0.05, 0) is 19.4 Å². The van der Waals surface area contributed by atoms with Crippen LogP contribution in [0.4, 0.5) is 11.4 Å². The van der Waals surface area contributed by atoms with Gasteiger partial charge in [-0.2, -0.15) is 5.26 Å². The van der Waals surface area contributed by atoms with Gasteiger partial charge in [-0.3, -0.25) is 14.9 Å². The topological polar surface area (TPSA) is 116 Å². The van der Waals surface area contributed by atoms with Crippen molar-refractivity contribution in [3.8, 4) is 6.07 Å². The third kappa shape index (κ3) is 3.23. The summed E-state index contributed by atoms with van der Waals surface area (Å²) in [6.07, 6.45) is 0.421. The third-order valence-corrected chi connectivity index (χ3v) is 3.30. The summed E-state index contributed by atoms with van der Waals surface area (Å²) in [4.78, 5) is 21.2. The van der Waals surface area contributed by atoms with Crippen LogP contribution in [0.25, 0.3) is 0 Å². The SMILES string of the molecule is CCC(C)(CNc1ccc([N+](=O)[O-])cc1C#N)C(=O)O. The Bertz CT molecular complexity index is 579. The fourth-order valence-electron chi connectivity index (χ4n) is 1.53. The summed E-state index contributed by atoms with van der Waals surface area (Å²) in [5.41, 5.74) is -0.639. The summed E-state index contributed by atoms with van der Waals surface area (Å²) in [5.74, 6) is -0.937. The molecule has 0 heterocycles. The molecule has 1 atom stereocenters. The Morgan fingerprint density at radius 1 is 1.60 bits per heavy atom. The summed E-state index contributed by atoms with van der Waals surface area (Å²) in [7, 11) is 0. The number of carboxylic acids is 1. The summed E-state index contributed by atoms with van der Waals surface area (Å²) in [5, 5.41) is 31.7. The quantitative estimate of drug-likeness (QED) is 0.609. The van der Waals surface area contributed by atoms with Crippen LogP contribution in [0.1, 0.15) is 25.8 Å². The molecule has 0 bridgehead atoms. The van der Waals surface area contributed by atoms with Crippen LogP contribution >= 0.6 is 0 Å². The Morgan fingerprint density at radius 2 is 2.25 bits per heavy atom. The summed E-state index contributed by atoms with van der Waals surface area (Å²) in [6, 6.07) is 5.70. The molecule has 0 saturated carbocycles. The second-order valence-corrected chi connectivity index (χ2v) is 4.67. The van der Waals surface area contributed by atoms with E-state index in [1.807, 2.05) is 6.07 Å². The lowest BCUT2D eigenvalue weighted by Crippen LogP contribution is -2.34. The van der Waals surface area contributed by atoms with Crippen LogP contribution in [-0.2, 0) is 4.79 Å². The van der Waals surface area contributed by atoms with Crippen LogP contribution in [0.15, 0.2) is 18.2 Å². The normalized spacial score (nSPS) is 13.1. The third-order valence-electron chi connectivity index (χ3n) is 3.30. The highest BCUT2D eigenvalue weighted by Crippen LogP contribution is 2.25. The molecule has 0 fully saturated rings. The number of anilines is 1. The minimum atomic E-state index is -0.964. The Balaban J connectivity index is 2.97. The summed E-state index contributed by atoms with van der Waals surface area (Å²) in [6.45, 7) is 3.49. The van der Waals surface area contributed by atoms with Crippen LogP contribution in [0.5, 0.6) is 0 Å². The first-order valence-corrected chi connectivity index (χ1v) is 6.00. The van der Waals surface area contributed by atoms with Gasteiger partial charge in [0, 0.05) is 18.7 Å². The van der Waals surface area contributed by atoms with Crippen molar-refractivity contribution in [1.29, 1.82) is 5.26 Å². The van der Waals surface area contributed by atoms with Crippen molar-refractivity contribution in [2.75, 3.05) is 11.9 Å². The van der Waals surface area contributed by atoms with Crippen LogP contribution in [0, 0.1) is 26.9 Å². The first kappa shape index (κ1) is 15.4. The van der Waals surface area contributed by atoms with E-state index >= 15 is 0 Å². The number of benzene rings is 1. The van der Waals surface area contributed by atoms with Gasteiger partial charge in [0.1, 0.15) is 6.07 Å². The van der Waals surface area contributed by atoms with Gasteiger partial charge in [-0.25, -0.2) is 0 Å². The minimum absolute atomic E-state index is 0.114. The van der Waals surface area contributed by atoms with Crippen molar-refractivity contribution < 1.29 is 14.8 Å². The van der Waals surface area contributed by atoms with E-state index in [1.165, 1.54) is 12.1 Å². The lowest BCUT2D eigenvalue weighted by atomic mass is 9.87. The standard InChI is InChI=1S/C13H15N3O4/c1-3-13(2,12(17)18)8-15-11-5-4-10(16(19)20)6-9(11)7-14/h4-6,15H,3,8H2,1-2H3,(H,17,18). The number of rotatable bonds is 6. The van der Waals surface area contributed by atoms with E-state index in [0.717, 1.165) is 6.07 Å². The molecule has 0 amide bonds. The van der Waals surface area contributed by atoms with Gasteiger partial charge in [0.25, 0.3) is 5.69 Å². The van der Waals surface area contributed by atoms with Crippen LogP contribution in [-0.4, -0.2) is 22.5 Å². The first-order chi connectivity index (χ1) is 9.34. The van der Waals surface area contributed by atoms with Crippen molar-refractivity contribution >= 4 is 17.3 Å². The van der Waals surface area contributed by atoms with Gasteiger partial charge in [0.05, 0.1) is 21.6 Å². The Hall–Kier alpha value is -2.62. The predicted molar refractivity (Wildman–Crippen MR) is 72.3 cm³/mol. The van der Waals surface area contributed by atoms with Crippen molar-refractivity contribution in [1.82, 2.24) is 0 Å². The zero-order valence-electron chi connectivity index (χ0n) is 11.2. The molecule has 1 rings (SSSR count). The maximum Gasteiger partial charge on any atom is 0.311 e. The zero-order chi connectivity index (χ0) is 15.3. The maximum absolute atomic E-state index is 11.2. The number of nitrogens with zero attached hydrogens (tertiary/aromatic N) is 2. The van der Waals surface area contributed by atoms with Gasteiger partial charge in [0.2, 0.25) is 0 Å². The highest BCUT2D eigenvalue weighted by Gasteiger charge is 2.31. The van der Waals surface area contributed by atoms with Crippen LogP contribution < -0.4 is 5.32 Å². The molecule has 0 aliphatic rings. The minimum Gasteiger partial charge on any atom is -0.481 e. The lowest BCUT2D eigenvalue weighted by molar-refractivity contribution is -0.384. The highest BCUT2D eigenvalue weighted by atomic mass is 16.6. The zero-order valence-corrected chi connectivity index (χ0v) is 11.2. The van der Waals surface area contributed by atoms with E-state index in [4.69, 9.17) is 10.4 Å². The summed E-state index contributed by atoms with van der Waals surface area (Å²) >= 11 is 0. The Kier molecular flexibility index (Phi) is 4.64. The average molecular weight is 277 g/mol. The van der Waals surface area contributed by atoms with E-state index < -0.39 is 16.3 Å². The first-order valence-electron chi connectivity index (χ1n) is 6.00. The second kappa shape index (κ2) is 6.02. The number of carbonyl (C=O) groups is 1. The number of nitriles is 1. The molecular formula is C13H15N3O4. The number of aliphatic carboxylic acids is 1. The molecule has 1 aromatic carbocycles. The van der Waals surface area contributed by atoms with Crippen molar-refractivity contribution in [3.05, 3.63) is 33.9 Å². The average Bonchev–Trinajstić information content (AvgIpc) is 2.44. The molecular weight excluding hydrogens is 262 g/mol. The van der Waals surface area contributed by atoms with Crippen LogP contribution in [0.3, 0.4) is 0 Å². The molecule has 0 aromatic heterocycles. The number of nitro groups is 1. The largest absolute Gasteiger partial charge is 0.481 e. The molecule has 7 nitrogen and oxygen atoms in total. The van der Waals surface area contributed by atoms with E-state index in [2.05, 4.69) is 5.32 Å². The van der Waals surface area contributed by atoms with Gasteiger partial charge < -0.3 is 10.4 Å².